The van der Waals surface area contributed by atoms with Crippen molar-refractivity contribution in [3.8, 4) is 0 Å². The Balaban J connectivity index is 2.37. The fraction of sp³-hybridized carbons (Fsp3) is 0.600. The molecule has 0 amide bonds. The van der Waals surface area contributed by atoms with Crippen LogP contribution in [-0.2, 0) is 28.4 Å². The van der Waals surface area contributed by atoms with E-state index in [2.05, 4.69) is 31.9 Å². The summed E-state index contributed by atoms with van der Waals surface area (Å²) in [7, 11) is 0. The Morgan fingerprint density at radius 2 is 0.906 bits per heavy atom. The minimum atomic E-state index is -0.575. The van der Waals surface area contributed by atoms with Gasteiger partial charge in [-0.2, -0.15) is 0 Å². The minimum Gasteiger partial charge on any atom is -0.460 e. The summed E-state index contributed by atoms with van der Waals surface area (Å²) in [6.45, 7) is 2.25. The zero-order valence-electron chi connectivity index (χ0n) is 17.6. The maximum atomic E-state index is 12.3. The lowest BCUT2D eigenvalue weighted by atomic mass is 10.1. The molecular weight excluding hydrogens is 560 g/mol. The fourth-order valence-electron chi connectivity index (χ4n) is 2.17. The second-order valence-corrected chi connectivity index (χ2v) is 7.69. The summed E-state index contributed by atoms with van der Waals surface area (Å²) in [5.74, 6) is -1.15. The SMILES string of the molecule is O=C(OCCOCCOCCO)c1cc(Br)c(C(=O)OCCOCCOCCO)cc1Br. The molecule has 2 N–H and O–H groups in total. The Labute approximate surface area is 203 Å². The van der Waals surface area contributed by atoms with Crippen molar-refractivity contribution in [2.45, 2.75) is 0 Å². The van der Waals surface area contributed by atoms with Crippen molar-refractivity contribution in [3.63, 3.8) is 0 Å². The third-order valence-electron chi connectivity index (χ3n) is 3.63. The van der Waals surface area contributed by atoms with Crippen LogP contribution < -0.4 is 0 Å². The lowest BCUT2D eigenvalue weighted by Crippen LogP contribution is -2.15. The van der Waals surface area contributed by atoms with Crippen LogP contribution in [0.15, 0.2) is 21.1 Å². The molecule has 182 valence electrons. The highest BCUT2D eigenvalue weighted by molar-refractivity contribution is 9.11. The number of carbonyl (C=O) groups is 2. The summed E-state index contributed by atoms with van der Waals surface area (Å²) in [4.78, 5) is 24.5. The average molecular weight is 588 g/mol. The molecule has 1 rings (SSSR count). The predicted octanol–water partition coefficient (Wildman–Crippen LogP) is 1.58. The number of hydrogen-bond acceptors (Lipinski definition) is 10. The number of hydrogen-bond donors (Lipinski definition) is 2. The first kappa shape index (κ1) is 28.9. The molecule has 10 nitrogen and oxygen atoms in total. The smallest absolute Gasteiger partial charge is 0.339 e. The Morgan fingerprint density at radius 1 is 0.594 bits per heavy atom. The van der Waals surface area contributed by atoms with E-state index in [0.29, 0.717) is 35.4 Å². The molecule has 1 aromatic carbocycles. The summed E-state index contributed by atoms with van der Waals surface area (Å²) in [5, 5.41) is 17.2. The van der Waals surface area contributed by atoms with Gasteiger partial charge in [0.15, 0.2) is 0 Å². The molecule has 0 spiro atoms. The largest absolute Gasteiger partial charge is 0.460 e. The van der Waals surface area contributed by atoms with Crippen LogP contribution >= 0.6 is 31.9 Å². The molecule has 0 aliphatic heterocycles. The molecule has 12 heteroatoms. The lowest BCUT2D eigenvalue weighted by Gasteiger charge is -2.11. The molecular formula is C20H28Br2O10. The van der Waals surface area contributed by atoms with Crippen molar-refractivity contribution < 1.29 is 48.2 Å². The molecule has 0 radical (unpaired) electrons. The van der Waals surface area contributed by atoms with Gasteiger partial charge in [-0.1, -0.05) is 0 Å². The number of rotatable bonds is 18. The van der Waals surface area contributed by atoms with Gasteiger partial charge in [0.25, 0.3) is 0 Å². The van der Waals surface area contributed by atoms with Gasteiger partial charge in [0, 0.05) is 8.95 Å². The Morgan fingerprint density at radius 3 is 1.25 bits per heavy atom. The van der Waals surface area contributed by atoms with Gasteiger partial charge in [0.2, 0.25) is 0 Å². The van der Waals surface area contributed by atoms with Crippen molar-refractivity contribution in [2.75, 3.05) is 79.3 Å². The fourth-order valence-corrected chi connectivity index (χ4v) is 3.19. The van der Waals surface area contributed by atoms with Gasteiger partial charge >= 0.3 is 11.9 Å². The van der Waals surface area contributed by atoms with Gasteiger partial charge in [0.1, 0.15) is 13.2 Å². The van der Waals surface area contributed by atoms with Crippen LogP contribution in [0.1, 0.15) is 20.7 Å². The number of esters is 2. The number of aliphatic hydroxyl groups excluding tert-OH is 2. The van der Waals surface area contributed by atoms with Gasteiger partial charge in [-0.15, -0.1) is 0 Å². The second-order valence-electron chi connectivity index (χ2n) is 5.98. The van der Waals surface area contributed by atoms with Crippen molar-refractivity contribution in [3.05, 3.63) is 32.2 Å². The molecule has 0 aliphatic rings. The van der Waals surface area contributed by atoms with Gasteiger partial charge in [-0.3, -0.25) is 0 Å². The molecule has 0 aliphatic carbocycles. The average Bonchev–Trinajstić information content (AvgIpc) is 2.78. The van der Waals surface area contributed by atoms with Gasteiger partial charge in [-0.05, 0) is 44.0 Å². The number of carbonyl (C=O) groups excluding carboxylic acids is 2. The Kier molecular flexibility index (Phi) is 16.6. The predicted molar refractivity (Wildman–Crippen MR) is 120 cm³/mol. The van der Waals surface area contributed by atoms with Crippen LogP contribution in [0.5, 0.6) is 0 Å². The summed E-state index contributed by atoms with van der Waals surface area (Å²) >= 11 is 6.55. The van der Waals surface area contributed by atoms with Gasteiger partial charge in [-0.25, -0.2) is 9.59 Å². The molecule has 0 saturated heterocycles. The molecule has 0 heterocycles. The third kappa shape index (κ3) is 12.2. The van der Waals surface area contributed by atoms with Crippen LogP contribution in [0.4, 0.5) is 0 Å². The highest BCUT2D eigenvalue weighted by Crippen LogP contribution is 2.27. The minimum absolute atomic E-state index is 0.0461. The van der Waals surface area contributed by atoms with E-state index in [4.69, 9.17) is 38.6 Å². The number of ether oxygens (including phenoxy) is 6. The van der Waals surface area contributed by atoms with E-state index >= 15 is 0 Å². The van der Waals surface area contributed by atoms with Crippen molar-refractivity contribution in [1.82, 2.24) is 0 Å². The third-order valence-corrected chi connectivity index (χ3v) is 4.95. The maximum Gasteiger partial charge on any atom is 0.339 e. The molecule has 0 unspecified atom stereocenters. The first-order valence-corrected chi connectivity index (χ1v) is 11.5. The first-order chi connectivity index (χ1) is 15.5. The van der Waals surface area contributed by atoms with Crippen molar-refractivity contribution in [2.24, 2.45) is 0 Å². The van der Waals surface area contributed by atoms with Crippen LogP contribution in [0.3, 0.4) is 0 Å². The van der Waals surface area contributed by atoms with E-state index in [1.54, 1.807) is 0 Å². The van der Waals surface area contributed by atoms with Crippen molar-refractivity contribution in [1.29, 1.82) is 0 Å². The van der Waals surface area contributed by atoms with E-state index in [1.807, 2.05) is 0 Å². The first-order valence-electron chi connectivity index (χ1n) is 9.87. The van der Waals surface area contributed by atoms with Crippen molar-refractivity contribution >= 4 is 43.8 Å². The standard InChI is InChI=1S/C20H28Br2O10/c21-17-14-16(20(26)32-12-10-30-8-6-28-4-2-24)18(22)13-15(17)19(25)31-11-9-29-7-5-27-3-1-23/h13-14,23-24H,1-12H2. The molecule has 32 heavy (non-hydrogen) atoms. The van der Waals surface area contributed by atoms with Gasteiger partial charge < -0.3 is 38.6 Å². The van der Waals surface area contributed by atoms with E-state index in [1.165, 1.54) is 12.1 Å². The summed E-state index contributed by atoms with van der Waals surface area (Å²) in [6.07, 6.45) is 0. The summed E-state index contributed by atoms with van der Waals surface area (Å²) in [5.41, 5.74) is 0.483. The highest BCUT2D eigenvalue weighted by atomic mass is 79.9. The van der Waals surface area contributed by atoms with Crippen LogP contribution in [0.2, 0.25) is 0 Å². The zero-order valence-corrected chi connectivity index (χ0v) is 20.7. The van der Waals surface area contributed by atoms with E-state index in [9.17, 15) is 9.59 Å². The van der Waals surface area contributed by atoms with E-state index in [-0.39, 0.29) is 64.0 Å². The Hall–Kier alpha value is -1.12. The maximum absolute atomic E-state index is 12.3. The van der Waals surface area contributed by atoms with E-state index < -0.39 is 11.9 Å². The molecule has 0 bridgehead atoms. The second kappa shape index (κ2) is 18.3. The number of aliphatic hydroxyl groups is 2. The zero-order chi connectivity index (χ0) is 23.6. The van der Waals surface area contributed by atoms with E-state index in [0.717, 1.165) is 0 Å². The molecule has 0 atom stereocenters. The van der Waals surface area contributed by atoms with Crippen LogP contribution in [0.25, 0.3) is 0 Å². The number of benzene rings is 1. The Bertz CT molecular complexity index is 629. The number of halogens is 2. The quantitative estimate of drug-likeness (QED) is 0.193. The van der Waals surface area contributed by atoms with Crippen LogP contribution in [-0.4, -0.2) is 101 Å². The molecule has 0 saturated carbocycles. The normalized spacial score (nSPS) is 10.9. The van der Waals surface area contributed by atoms with Gasteiger partial charge in [0.05, 0.1) is 77.2 Å². The molecule has 1 aromatic rings. The topological polar surface area (TPSA) is 130 Å². The molecule has 0 fully saturated rings. The highest BCUT2D eigenvalue weighted by Gasteiger charge is 2.19. The lowest BCUT2D eigenvalue weighted by molar-refractivity contribution is 0.00874. The summed E-state index contributed by atoms with van der Waals surface area (Å²) < 4.78 is 31.7. The molecule has 0 aromatic heterocycles. The van der Waals surface area contributed by atoms with Crippen LogP contribution in [0, 0.1) is 0 Å². The monoisotopic (exact) mass is 586 g/mol. The summed E-state index contributed by atoms with van der Waals surface area (Å²) in [6, 6.07) is 2.95.